The van der Waals surface area contributed by atoms with Crippen molar-refractivity contribution in [3.05, 3.63) is 35.4 Å². The summed E-state index contributed by atoms with van der Waals surface area (Å²) in [5, 5.41) is 2.79. The van der Waals surface area contributed by atoms with Crippen molar-refractivity contribution in [3.63, 3.8) is 0 Å². The van der Waals surface area contributed by atoms with E-state index in [1.54, 1.807) is 7.05 Å². The molecule has 0 aromatic heterocycles. The molecule has 7 heteroatoms. The SMILES string of the molecule is CN(CC(=O)NC(C)(C)C)C(=O)C1CC1c1ccc(C(F)(F)F)cc1. The highest BCUT2D eigenvalue weighted by Crippen LogP contribution is 2.48. The molecule has 0 radical (unpaired) electrons. The molecular weight excluding hydrogens is 333 g/mol. The summed E-state index contributed by atoms with van der Waals surface area (Å²) in [6.45, 7) is 5.53. The fourth-order valence-electron chi connectivity index (χ4n) is 2.79. The summed E-state index contributed by atoms with van der Waals surface area (Å²) in [6, 6.07) is 4.92. The quantitative estimate of drug-likeness (QED) is 0.901. The van der Waals surface area contributed by atoms with Gasteiger partial charge in [0.15, 0.2) is 0 Å². The number of hydrogen-bond donors (Lipinski definition) is 1. The van der Waals surface area contributed by atoms with Crippen molar-refractivity contribution in [2.75, 3.05) is 13.6 Å². The monoisotopic (exact) mass is 356 g/mol. The maximum absolute atomic E-state index is 12.6. The summed E-state index contributed by atoms with van der Waals surface area (Å²) >= 11 is 0. The first kappa shape index (κ1) is 19.3. The van der Waals surface area contributed by atoms with Crippen LogP contribution in [-0.4, -0.2) is 35.8 Å². The zero-order valence-corrected chi connectivity index (χ0v) is 14.8. The number of rotatable bonds is 4. The maximum Gasteiger partial charge on any atom is 0.416 e. The molecule has 2 amide bonds. The van der Waals surface area contributed by atoms with Gasteiger partial charge in [0.1, 0.15) is 0 Å². The third-order valence-electron chi connectivity index (χ3n) is 4.05. The minimum Gasteiger partial charge on any atom is -0.350 e. The normalized spacial score (nSPS) is 20.1. The molecule has 0 saturated heterocycles. The molecule has 1 saturated carbocycles. The molecule has 2 unspecified atom stereocenters. The van der Waals surface area contributed by atoms with E-state index in [1.807, 2.05) is 20.8 Å². The number of hydrogen-bond acceptors (Lipinski definition) is 2. The zero-order chi connectivity index (χ0) is 19.0. The number of carbonyl (C=O) groups is 2. The molecule has 1 aliphatic rings. The van der Waals surface area contributed by atoms with Crippen LogP contribution in [0.25, 0.3) is 0 Å². The predicted molar refractivity (Wildman–Crippen MR) is 87.8 cm³/mol. The lowest BCUT2D eigenvalue weighted by molar-refractivity contribution is -0.137. The lowest BCUT2D eigenvalue weighted by atomic mass is 10.1. The van der Waals surface area contributed by atoms with E-state index < -0.39 is 11.7 Å². The lowest BCUT2D eigenvalue weighted by Crippen LogP contribution is -2.46. The maximum atomic E-state index is 12.6. The van der Waals surface area contributed by atoms with Crippen molar-refractivity contribution in [1.82, 2.24) is 10.2 Å². The Morgan fingerprint density at radius 3 is 2.20 bits per heavy atom. The Hall–Kier alpha value is -2.05. The van der Waals surface area contributed by atoms with Gasteiger partial charge in [0.05, 0.1) is 12.1 Å². The van der Waals surface area contributed by atoms with Crippen LogP contribution in [0.3, 0.4) is 0 Å². The summed E-state index contributed by atoms with van der Waals surface area (Å²) in [5.41, 5.74) is -0.349. The van der Waals surface area contributed by atoms with Crippen LogP contribution < -0.4 is 5.32 Å². The van der Waals surface area contributed by atoms with Crippen LogP contribution in [0, 0.1) is 5.92 Å². The summed E-state index contributed by atoms with van der Waals surface area (Å²) in [5.74, 6) is -0.754. The fourth-order valence-corrected chi connectivity index (χ4v) is 2.79. The number of amides is 2. The molecule has 2 atom stereocenters. The molecular formula is C18H23F3N2O2. The van der Waals surface area contributed by atoms with Gasteiger partial charge in [0.2, 0.25) is 11.8 Å². The van der Waals surface area contributed by atoms with Crippen molar-refractivity contribution in [2.24, 2.45) is 5.92 Å². The number of carbonyl (C=O) groups excluding carboxylic acids is 2. The Morgan fingerprint density at radius 1 is 1.16 bits per heavy atom. The first-order chi connectivity index (χ1) is 11.4. The summed E-state index contributed by atoms with van der Waals surface area (Å²) in [4.78, 5) is 25.6. The predicted octanol–water partition coefficient (Wildman–Crippen LogP) is 3.18. The minimum atomic E-state index is -4.36. The number of likely N-dealkylation sites (N-methyl/N-ethyl adjacent to an activating group) is 1. The zero-order valence-electron chi connectivity index (χ0n) is 14.8. The smallest absolute Gasteiger partial charge is 0.350 e. The van der Waals surface area contributed by atoms with E-state index in [0.717, 1.165) is 17.7 Å². The van der Waals surface area contributed by atoms with Crippen molar-refractivity contribution < 1.29 is 22.8 Å². The van der Waals surface area contributed by atoms with E-state index in [0.29, 0.717) is 6.42 Å². The number of nitrogens with zero attached hydrogens (tertiary/aromatic N) is 1. The second-order valence-electron chi connectivity index (χ2n) is 7.56. The molecule has 1 aromatic rings. The Morgan fingerprint density at radius 2 is 1.72 bits per heavy atom. The standard InChI is InChI=1S/C18H23F3N2O2/c1-17(2,3)22-15(24)10-23(4)16(25)14-9-13(14)11-5-7-12(8-6-11)18(19,20)21/h5-8,13-14H,9-10H2,1-4H3,(H,22,24). The van der Waals surface area contributed by atoms with Gasteiger partial charge in [-0.2, -0.15) is 13.2 Å². The molecule has 1 fully saturated rings. The molecule has 1 aliphatic carbocycles. The van der Waals surface area contributed by atoms with Gasteiger partial charge in [0, 0.05) is 18.5 Å². The summed E-state index contributed by atoms with van der Waals surface area (Å²) in [6.07, 6.45) is -3.77. The summed E-state index contributed by atoms with van der Waals surface area (Å²) in [7, 11) is 1.56. The average Bonchev–Trinajstić information content (AvgIpc) is 3.23. The third-order valence-corrected chi connectivity index (χ3v) is 4.05. The van der Waals surface area contributed by atoms with Gasteiger partial charge in [-0.3, -0.25) is 9.59 Å². The lowest BCUT2D eigenvalue weighted by Gasteiger charge is -2.23. The molecule has 0 heterocycles. The van der Waals surface area contributed by atoms with Crippen LogP contribution in [0.4, 0.5) is 13.2 Å². The molecule has 0 aliphatic heterocycles. The average molecular weight is 356 g/mol. The van der Waals surface area contributed by atoms with E-state index in [2.05, 4.69) is 5.32 Å². The molecule has 1 aromatic carbocycles. The van der Waals surface area contributed by atoms with E-state index in [-0.39, 0.29) is 35.7 Å². The van der Waals surface area contributed by atoms with Crippen molar-refractivity contribution in [1.29, 1.82) is 0 Å². The van der Waals surface area contributed by atoms with E-state index in [4.69, 9.17) is 0 Å². The van der Waals surface area contributed by atoms with Crippen LogP contribution in [-0.2, 0) is 15.8 Å². The van der Waals surface area contributed by atoms with Crippen LogP contribution >= 0.6 is 0 Å². The third kappa shape index (κ3) is 5.21. The molecule has 0 spiro atoms. The topological polar surface area (TPSA) is 49.4 Å². The molecule has 0 bridgehead atoms. The Kier molecular flexibility index (Phi) is 5.16. The molecule has 25 heavy (non-hydrogen) atoms. The minimum absolute atomic E-state index is 0.0354. The number of nitrogens with one attached hydrogen (secondary N) is 1. The first-order valence-corrected chi connectivity index (χ1v) is 8.11. The van der Waals surface area contributed by atoms with E-state index >= 15 is 0 Å². The van der Waals surface area contributed by atoms with Crippen molar-refractivity contribution >= 4 is 11.8 Å². The van der Waals surface area contributed by atoms with Gasteiger partial charge >= 0.3 is 6.18 Å². The van der Waals surface area contributed by atoms with Gasteiger partial charge in [-0.05, 0) is 50.8 Å². The van der Waals surface area contributed by atoms with Gasteiger partial charge in [-0.1, -0.05) is 12.1 Å². The largest absolute Gasteiger partial charge is 0.416 e. The highest BCUT2D eigenvalue weighted by atomic mass is 19.4. The second kappa shape index (κ2) is 6.69. The van der Waals surface area contributed by atoms with Crippen LogP contribution in [0.15, 0.2) is 24.3 Å². The van der Waals surface area contributed by atoms with Gasteiger partial charge in [-0.15, -0.1) is 0 Å². The Balaban J connectivity index is 1.92. The number of alkyl halides is 3. The summed E-state index contributed by atoms with van der Waals surface area (Å²) < 4.78 is 37.8. The molecule has 138 valence electrons. The first-order valence-electron chi connectivity index (χ1n) is 8.11. The van der Waals surface area contributed by atoms with Gasteiger partial charge in [0.25, 0.3) is 0 Å². The highest BCUT2D eigenvalue weighted by Gasteiger charge is 2.45. The van der Waals surface area contributed by atoms with Crippen LogP contribution in [0.1, 0.15) is 44.2 Å². The van der Waals surface area contributed by atoms with E-state index in [1.165, 1.54) is 17.0 Å². The molecule has 2 rings (SSSR count). The number of halogens is 3. The van der Waals surface area contributed by atoms with Gasteiger partial charge in [-0.25, -0.2) is 0 Å². The fraction of sp³-hybridized carbons (Fsp3) is 0.556. The second-order valence-corrected chi connectivity index (χ2v) is 7.56. The van der Waals surface area contributed by atoms with Crippen LogP contribution in [0.5, 0.6) is 0 Å². The highest BCUT2D eigenvalue weighted by molar-refractivity contribution is 5.88. The number of benzene rings is 1. The van der Waals surface area contributed by atoms with E-state index in [9.17, 15) is 22.8 Å². The van der Waals surface area contributed by atoms with Crippen molar-refractivity contribution in [2.45, 2.75) is 44.8 Å². The molecule has 1 N–H and O–H groups in total. The Labute approximate surface area is 145 Å². The van der Waals surface area contributed by atoms with Crippen LogP contribution in [0.2, 0.25) is 0 Å². The molecule has 4 nitrogen and oxygen atoms in total. The van der Waals surface area contributed by atoms with Gasteiger partial charge < -0.3 is 10.2 Å². The Bertz CT molecular complexity index is 648. The van der Waals surface area contributed by atoms with Crippen molar-refractivity contribution in [3.8, 4) is 0 Å².